The molecule has 0 heterocycles. The first-order valence-corrected chi connectivity index (χ1v) is 7.85. The summed E-state index contributed by atoms with van der Waals surface area (Å²) in [5.41, 5.74) is 1.24. The molecule has 0 fully saturated rings. The highest BCUT2D eigenvalue weighted by molar-refractivity contribution is 7.80. The van der Waals surface area contributed by atoms with Crippen molar-refractivity contribution in [3.8, 4) is 5.75 Å². The van der Waals surface area contributed by atoms with Gasteiger partial charge in [0.2, 0.25) is 0 Å². The number of thiocarbonyl (C=S) groups is 1. The molecule has 126 valence electrons. The number of nitrogens with zero attached hydrogens (tertiary/aromatic N) is 1. The first-order valence-electron chi connectivity index (χ1n) is 7.06. The van der Waals surface area contributed by atoms with Crippen LogP contribution in [0.15, 0.2) is 42.5 Å². The average Bonchev–Trinajstić information content (AvgIpc) is 2.56. The first kappa shape index (κ1) is 18.0. The molecule has 0 saturated heterocycles. The quantitative estimate of drug-likeness (QED) is 0.467. The van der Waals surface area contributed by atoms with Gasteiger partial charge in [-0.05, 0) is 31.3 Å². The van der Waals surface area contributed by atoms with Crippen molar-refractivity contribution in [1.82, 2.24) is 5.32 Å². The number of nitrogens with one attached hydrogen (secondary N) is 2. The minimum absolute atomic E-state index is 0.0672. The zero-order valence-electron chi connectivity index (χ0n) is 13.1. The molecule has 0 aromatic heterocycles. The summed E-state index contributed by atoms with van der Waals surface area (Å²) in [5, 5.41) is 17.5. The summed E-state index contributed by atoms with van der Waals surface area (Å²) in [5.74, 6) is 0.744. The molecule has 0 unspecified atom stereocenters. The second kappa shape index (κ2) is 7.94. The van der Waals surface area contributed by atoms with Gasteiger partial charge < -0.3 is 15.4 Å². The van der Waals surface area contributed by atoms with Gasteiger partial charge >= 0.3 is 0 Å². The van der Waals surface area contributed by atoms with Crippen molar-refractivity contribution in [2.75, 3.05) is 12.4 Å². The third kappa shape index (κ3) is 4.33. The number of nitro benzene ring substituents is 1. The largest absolute Gasteiger partial charge is 0.496 e. The van der Waals surface area contributed by atoms with Crippen molar-refractivity contribution in [1.29, 1.82) is 0 Å². The number of nitro groups is 1. The van der Waals surface area contributed by atoms with Crippen LogP contribution in [0.1, 0.15) is 18.5 Å². The third-order valence-electron chi connectivity index (χ3n) is 3.36. The van der Waals surface area contributed by atoms with Crippen molar-refractivity contribution in [2.45, 2.75) is 13.0 Å². The molecule has 2 aromatic rings. The van der Waals surface area contributed by atoms with Crippen molar-refractivity contribution < 1.29 is 9.66 Å². The number of para-hydroxylation sites is 1. The van der Waals surface area contributed by atoms with Crippen LogP contribution in [0.3, 0.4) is 0 Å². The molecule has 0 aliphatic carbocycles. The van der Waals surface area contributed by atoms with Crippen molar-refractivity contribution in [2.24, 2.45) is 0 Å². The fourth-order valence-corrected chi connectivity index (χ4v) is 2.63. The van der Waals surface area contributed by atoms with E-state index >= 15 is 0 Å². The molecular formula is C16H16ClN3O3S. The number of methoxy groups -OCH3 is 1. The Hall–Kier alpha value is -2.38. The summed E-state index contributed by atoms with van der Waals surface area (Å²) < 4.78 is 5.33. The molecule has 0 bridgehead atoms. The highest BCUT2D eigenvalue weighted by Crippen LogP contribution is 2.27. The lowest BCUT2D eigenvalue weighted by Gasteiger charge is -2.19. The highest BCUT2D eigenvalue weighted by atomic mass is 35.5. The van der Waals surface area contributed by atoms with E-state index in [1.54, 1.807) is 7.11 Å². The molecule has 0 radical (unpaired) electrons. The normalized spacial score (nSPS) is 11.5. The zero-order chi connectivity index (χ0) is 17.7. The van der Waals surface area contributed by atoms with Crippen LogP contribution in [0.2, 0.25) is 5.02 Å². The molecule has 2 rings (SSSR count). The van der Waals surface area contributed by atoms with Crippen LogP contribution in [0.25, 0.3) is 0 Å². The average molecular weight is 366 g/mol. The molecule has 1 atom stereocenters. The predicted molar refractivity (Wildman–Crippen MR) is 98.9 cm³/mol. The van der Waals surface area contributed by atoms with Crippen LogP contribution in [-0.4, -0.2) is 17.1 Å². The van der Waals surface area contributed by atoms with Gasteiger partial charge in [0.05, 0.1) is 28.8 Å². The van der Waals surface area contributed by atoms with Crippen LogP contribution < -0.4 is 15.4 Å². The number of halogens is 1. The summed E-state index contributed by atoms with van der Waals surface area (Å²) >= 11 is 11.3. The maximum absolute atomic E-state index is 10.9. The minimum Gasteiger partial charge on any atom is -0.496 e. The Morgan fingerprint density at radius 1 is 1.33 bits per heavy atom. The number of ether oxygens (including phenoxy) is 1. The SMILES string of the molecule is COc1ccccc1[C@@H](C)NC(=S)Nc1cc([N+](=O)[O-])ccc1Cl. The van der Waals surface area contributed by atoms with Crippen molar-refractivity contribution in [3.05, 3.63) is 63.2 Å². The first-order chi connectivity index (χ1) is 11.4. The van der Waals surface area contributed by atoms with E-state index in [1.807, 2.05) is 31.2 Å². The van der Waals surface area contributed by atoms with E-state index in [9.17, 15) is 10.1 Å². The Morgan fingerprint density at radius 3 is 2.71 bits per heavy atom. The lowest BCUT2D eigenvalue weighted by atomic mass is 10.1. The molecule has 0 aliphatic heterocycles. The maximum Gasteiger partial charge on any atom is 0.271 e. The van der Waals surface area contributed by atoms with E-state index in [-0.39, 0.29) is 11.7 Å². The second-order valence-electron chi connectivity index (χ2n) is 4.98. The molecule has 0 aliphatic rings. The van der Waals surface area contributed by atoms with Crippen LogP contribution in [0.4, 0.5) is 11.4 Å². The fraction of sp³-hybridized carbons (Fsp3) is 0.188. The molecule has 8 heteroatoms. The summed E-state index contributed by atoms with van der Waals surface area (Å²) in [6, 6.07) is 11.6. The van der Waals surface area contributed by atoms with Gasteiger partial charge in [0.1, 0.15) is 5.75 Å². The Labute approximate surface area is 149 Å². The number of benzene rings is 2. The Morgan fingerprint density at radius 2 is 2.04 bits per heavy atom. The standard InChI is InChI=1S/C16H16ClN3O3S/c1-10(12-5-3-4-6-15(12)23-2)18-16(24)19-14-9-11(20(21)22)7-8-13(14)17/h3-10H,1-2H3,(H2,18,19,24)/t10-/m1/s1. The summed E-state index contributed by atoms with van der Waals surface area (Å²) in [6.07, 6.45) is 0. The number of non-ortho nitro benzene ring substituents is 1. The lowest BCUT2D eigenvalue weighted by molar-refractivity contribution is -0.384. The third-order valence-corrected chi connectivity index (χ3v) is 3.91. The lowest BCUT2D eigenvalue weighted by Crippen LogP contribution is -2.31. The smallest absolute Gasteiger partial charge is 0.271 e. The Balaban J connectivity index is 2.11. The van der Waals surface area contributed by atoms with Crippen molar-refractivity contribution in [3.63, 3.8) is 0 Å². The summed E-state index contributed by atoms with van der Waals surface area (Å²) in [7, 11) is 1.60. The van der Waals surface area contributed by atoms with Gasteiger partial charge in [0.15, 0.2) is 5.11 Å². The van der Waals surface area contributed by atoms with Crippen molar-refractivity contribution >= 4 is 40.3 Å². The zero-order valence-corrected chi connectivity index (χ0v) is 14.6. The highest BCUT2D eigenvalue weighted by Gasteiger charge is 2.14. The topological polar surface area (TPSA) is 76.4 Å². The fourth-order valence-electron chi connectivity index (χ4n) is 2.18. The number of hydrogen-bond acceptors (Lipinski definition) is 4. The van der Waals surface area contributed by atoms with Crippen LogP contribution in [0.5, 0.6) is 5.75 Å². The van der Waals surface area contributed by atoms with E-state index in [0.29, 0.717) is 15.8 Å². The monoisotopic (exact) mass is 365 g/mol. The van der Waals surface area contributed by atoms with Gasteiger partial charge in [-0.15, -0.1) is 0 Å². The Kier molecular flexibility index (Phi) is 5.94. The molecule has 0 amide bonds. The second-order valence-corrected chi connectivity index (χ2v) is 5.80. The Bertz CT molecular complexity index is 770. The van der Waals surface area contributed by atoms with Gasteiger partial charge in [-0.3, -0.25) is 10.1 Å². The van der Waals surface area contributed by atoms with Gasteiger partial charge in [-0.1, -0.05) is 29.8 Å². The van der Waals surface area contributed by atoms with E-state index in [1.165, 1.54) is 18.2 Å². The van der Waals surface area contributed by atoms with Gasteiger partial charge in [-0.2, -0.15) is 0 Å². The molecule has 2 aromatic carbocycles. The van der Waals surface area contributed by atoms with E-state index in [2.05, 4.69) is 10.6 Å². The molecule has 6 nitrogen and oxygen atoms in total. The minimum atomic E-state index is -0.491. The van der Waals surface area contributed by atoms with Crippen LogP contribution in [0, 0.1) is 10.1 Å². The summed E-state index contributed by atoms with van der Waals surface area (Å²) in [6.45, 7) is 1.93. The number of hydrogen-bond donors (Lipinski definition) is 2. The van der Waals surface area contributed by atoms with E-state index in [0.717, 1.165) is 11.3 Å². The van der Waals surface area contributed by atoms with Crippen LogP contribution in [-0.2, 0) is 0 Å². The van der Waals surface area contributed by atoms with Gasteiger partial charge in [0.25, 0.3) is 5.69 Å². The molecular weight excluding hydrogens is 350 g/mol. The maximum atomic E-state index is 10.9. The van der Waals surface area contributed by atoms with E-state index < -0.39 is 4.92 Å². The van der Waals surface area contributed by atoms with Gasteiger partial charge in [-0.25, -0.2) is 0 Å². The number of rotatable bonds is 5. The predicted octanol–water partition coefficient (Wildman–Crippen LogP) is 4.30. The van der Waals surface area contributed by atoms with E-state index in [4.69, 9.17) is 28.6 Å². The molecule has 0 spiro atoms. The summed E-state index contributed by atoms with van der Waals surface area (Å²) in [4.78, 5) is 10.4. The number of anilines is 1. The van der Waals surface area contributed by atoms with Gasteiger partial charge in [0, 0.05) is 17.7 Å². The molecule has 2 N–H and O–H groups in total. The van der Waals surface area contributed by atoms with Crippen LogP contribution >= 0.6 is 23.8 Å². The molecule has 24 heavy (non-hydrogen) atoms. The molecule has 0 saturated carbocycles.